The molecule has 8 heteroatoms. The van der Waals surface area contributed by atoms with E-state index in [-0.39, 0.29) is 22.4 Å². The van der Waals surface area contributed by atoms with Gasteiger partial charge in [-0.05, 0) is 33.7 Å². The zero-order chi connectivity index (χ0) is 20.3. The van der Waals surface area contributed by atoms with Gasteiger partial charge in [0.2, 0.25) is 0 Å². The van der Waals surface area contributed by atoms with Gasteiger partial charge < -0.3 is 30.3 Å². The van der Waals surface area contributed by atoms with Gasteiger partial charge in [-0.1, -0.05) is 60.7 Å². The van der Waals surface area contributed by atoms with E-state index in [1.54, 1.807) is 12.1 Å². The number of hydrogen-bond donors (Lipinski definition) is 6. The van der Waals surface area contributed by atoms with E-state index >= 15 is 0 Å². The van der Waals surface area contributed by atoms with Crippen molar-refractivity contribution < 1.29 is 30.3 Å². The van der Waals surface area contributed by atoms with E-state index in [1.165, 1.54) is 12.1 Å². The van der Waals surface area contributed by atoms with Crippen molar-refractivity contribution in [2.45, 2.75) is 0 Å². The summed E-state index contributed by atoms with van der Waals surface area (Å²) in [4.78, 5) is 0. The third-order valence-electron chi connectivity index (χ3n) is 4.35. The molecule has 0 radical (unpaired) electrons. The molecule has 0 aliphatic rings. The summed E-state index contributed by atoms with van der Waals surface area (Å²) in [6.45, 7) is 0. The second-order valence-corrected chi connectivity index (χ2v) is 6.26. The van der Waals surface area contributed by atoms with Crippen LogP contribution < -0.4 is 10.9 Å². The molecule has 0 heterocycles. The average Bonchev–Trinajstić information content (AvgIpc) is 2.67. The largest absolute Gasteiger partial charge is 0.508 e. The summed E-state index contributed by atoms with van der Waals surface area (Å²) in [5, 5.41) is 58.2. The van der Waals surface area contributed by atoms with Crippen LogP contribution >= 0.6 is 0 Å². The molecule has 0 aromatic heterocycles. The predicted molar refractivity (Wildman–Crippen MR) is 111 cm³/mol. The molecular weight excluding hydrogens is 358 g/mol. The maximum Gasteiger partial charge on any atom is 0.492 e. The molecular formula is C20H18B2O6. The van der Waals surface area contributed by atoms with E-state index in [9.17, 15) is 10.2 Å². The Morgan fingerprint density at radius 3 is 1.04 bits per heavy atom. The monoisotopic (exact) mass is 376 g/mol. The number of rotatable bonds is 2. The van der Waals surface area contributed by atoms with Gasteiger partial charge in [0.25, 0.3) is 0 Å². The van der Waals surface area contributed by atoms with E-state index in [1.807, 2.05) is 48.5 Å². The number of phenolic OH excluding ortho intramolecular Hbond substituents is 2. The van der Waals surface area contributed by atoms with Crippen molar-refractivity contribution in [3.05, 3.63) is 72.8 Å². The standard InChI is InChI=1S/2C10H9BO3/c2*12-10-6-8-4-2-1-3-7(8)5-9(10)11(13)14/h2*1-6,12-14H. The van der Waals surface area contributed by atoms with Crippen molar-refractivity contribution in [3.8, 4) is 11.5 Å². The molecule has 0 atom stereocenters. The summed E-state index contributed by atoms with van der Waals surface area (Å²) in [7, 11) is -3.28. The summed E-state index contributed by atoms with van der Waals surface area (Å²) in [5.74, 6) is -0.197. The summed E-state index contributed by atoms with van der Waals surface area (Å²) < 4.78 is 0. The minimum atomic E-state index is -1.64. The van der Waals surface area contributed by atoms with Crippen molar-refractivity contribution in [1.82, 2.24) is 0 Å². The molecule has 0 saturated heterocycles. The Morgan fingerprint density at radius 2 is 0.750 bits per heavy atom. The van der Waals surface area contributed by atoms with Crippen LogP contribution in [0.1, 0.15) is 0 Å². The third kappa shape index (κ3) is 4.27. The van der Waals surface area contributed by atoms with Crippen LogP contribution in [0.5, 0.6) is 11.5 Å². The molecule has 28 heavy (non-hydrogen) atoms. The summed E-state index contributed by atoms with van der Waals surface area (Å²) in [5.41, 5.74) is 0.257. The zero-order valence-corrected chi connectivity index (χ0v) is 14.8. The molecule has 6 N–H and O–H groups in total. The van der Waals surface area contributed by atoms with Gasteiger partial charge in [0, 0.05) is 10.9 Å². The fourth-order valence-corrected chi connectivity index (χ4v) is 2.91. The van der Waals surface area contributed by atoms with E-state index in [0.29, 0.717) is 0 Å². The molecule has 0 amide bonds. The highest BCUT2D eigenvalue weighted by molar-refractivity contribution is 6.60. The van der Waals surface area contributed by atoms with Gasteiger partial charge in [0.15, 0.2) is 0 Å². The lowest BCUT2D eigenvalue weighted by Crippen LogP contribution is -2.29. The van der Waals surface area contributed by atoms with Crippen LogP contribution in [0.2, 0.25) is 0 Å². The molecule has 0 aliphatic carbocycles. The molecule has 6 nitrogen and oxygen atoms in total. The lowest BCUT2D eigenvalue weighted by Gasteiger charge is -2.05. The molecule has 0 unspecified atom stereocenters. The number of phenols is 2. The van der Waals surface area contributed by atoms with E-state index in [0.717, 1.165) is 21.5 Å². The van der Waals surface area contributed by atoms with Gasteiger partial charge in [-0.15, -0.1) is 0 Å². The van der Waals surface area contributed by atoms with E-state index in [2.05, 4.69) is 0 Å². The number of hydrogen-bond acceptors (Lipinski definition) is 6. The first-order chi connectivity index (χ1) is 13.4. The van der Waals surface area contributed by atoms with E-state index in [4.69, 9.17) is 20.1 Å². The summed E-state index contributed by atoms with van der Waals surface area (Å²) in [6.07, 6.45) is 0. The van der Waals surface area contributed by atoms with Crippen LogP contribution in [0, 0.1) is 0 Å². The molecule has 0 bridgehead atoms. The second kappa shape index (κ2) is 8.33. The Hall–Kier alpha value is -3.03. The van der Waals surface area contributed by atoms with Gasteiger partial charge in [0.1, 0.15) is 11.5 Å². The quantitative estimate of drug-likeness (QED) is 0.283. The van der Waals surface area contributed by atoms with Crippen LogP contribution in [0.3, 0.4) is 0 Å². The molecule has 0 aliphatic heterocycles. The Balaban J connectivity index is 0.000000161. The molecule has 0 spiro atoms. The zero-order valence-electron chi connectivity index (χ0n) is 14.8. The maximum atomic E-state index is 9.46. The van der Waals surface area contributed by atoms with Crippen molar-refractivity contribution in [2.75, 3.05) is 0 Å². The molecule has 0 saturated carbocycles. The number of benzene rings is 4. The Kier molecular flexibility index (Phi) is 5.87. The molecule has 4 aromatic rings. The van der Waals surface area contributed by atoms with Gasteiger partial charge in [-0.3, -0.25) is 0 Å². The van der Waals surface area contributed by atoms with Crippen LogP contribution in [0.4, 0.5) is 0 Å². The normalized spacial score (nSPS) is 10.4. The van der Waals surface area contributed by atoms with E-state index < -0.39 is 14.2 Å². The van der Waals surface area contributed by atoms with Crippen LogP contribution in [0.15, 0.2) is 72.8 Å². The summed E-state index contributed by atoms with van der Waals surface area (Å²) >= 11 is 0. The van der Waals surface area contributed by atoms with Gasteiger partial charge in [0.05, 0.1) is 0 Å². The number of aromatic hydroxyl groups is 2. The Bertz CT molecular complexity index is 1020. The SMILES string of the molecule is OB(O)c1cc2ccccc2cc1O.OB(O)c1cc2ccccc2cc1O. The van der Waals surface area contributed by atoms with Crippen LogP contribution in [-0.2, 0) is 0 Å². The molecule has 4 aromatic carbocycles. The number of fused-ring (bicyclic) bond motifs is 2. The first-order valence-electron chi connectivity index (χ1n) is 8.52. The highest BCUT2D eigenvalue weighted by atomic mass is 16.4. The first kappa shape index (κ1) is 19.7. The van der Waals surface area contributed by atoms with Crippen LogP contribution in [0.25, 0.3) is 21.5 Å². The van der Waals surface area contributed by atoms with Crippen molar-refractivity contribution in [3.63, 3.8) is 0 Å². The lowest BCUT2D eigenvalue weighted by molar-refractivity contribution is 0.418. The Labute approximate surface area is 161 Å². The molecule has 140 valence electrons. The highest BCUT2D eigenvalue weighted by Crippen LogP contribution is 2.18. The van der Waals surface area contributed by atoms with Crippen molar-refractivity contribution in [2.24, 2.45) is 0 Å². The average molecular weight is 376 g/mol. The third-order valence-corrected chi connectivity index (χ3v) is 4.35. The van der Waals surface area contributed by atoms with Gasteiger partial charge >= 0.3 is 14.2 Å². The minimum absolute atomic E-state index is 0.0984. The second-order valence-electron chi connectivity index (χ2n) is 6.26. The first-order valence-corrected chi connectivity index (χ1v) is 8.52. The fraction of sp³-hybridized carbons (Fsp3) is 0. The highest BCUT2D eigenvalue weighted by Gasteiger charge is 2.17. The topological polar surface area (TPSA) is 121 Å². The van der Waals surface area contributed by atoms with Crippen molar-refractivity contribution in [1.29, 1.82) is 0 Å². The van der Waals surface area contributed by atoms with Crippen LogP contribution in [-0.4, -0.2) is 44.5 Å². The Morgan fingerprint density at radius 1 is 0.464 bits per heavy atom. The van der Waals surface area contributed by atoms with Crippen molar-refractivity contribution >= 4 is 46.7 Å². The van der Waals surface area contributed by atoms with Gasteiger partial charge in [-0.25, -0.2) is 0 Å². The molecule has 4 rings (SSSR count). The smallest absolute Gasteiger partial charge is 0.492 e. The maximum absolute atomic E-state index is 9.46. The summed E-state index contributed by atoms with van der Waals surface area (Å²) in [6, 6.07) is 21.0. The predicted octanol–water partition coefficient (Wildman–Crippen LogP) is 0.450. The molecule has 0 fully saturated rings. The minimum Gasteiger partial charge on any atom is -0.508 e. The lowest BCUT2D eigenvalue weighted by atomic mass is 9.78. The fourth-order valence-electron chi connectivity index (χ4n) is 2.91. The van der Waals surface area contributed by atoms with Gasteiger partial charge in [-0.2, -0.15) is 0 Å².